The number of urea groups is 1. The predicted molar refractivity (Wildman–Crippen MR) is 164 cm³/mol. The summed E-state index contributed by atoms with van der Waals surface area (Å²) < 4.78 is 11.0. The first-order chi connectivity index (χ1) is 20.7. The van der Waals surface area contributed by atoms with Crippen LogP contribution in [0.5, 0.6) is 11.5 Å². The number of nitrogens with one attached hydrogen (secondary N) is 1. The number of fused-ring (bicyclic) bond motifs is 1. The summed E-state index contributed by atoms with van der Waals surface area (Å²) in [5.74, 6) is -1.64. The van der Waals surface area contributed by atoms with Gasteiger partial charge in [0.25, 0.3) is 0 Å². The SMILES string of the molecule is COc1ccccc1OC(=O)C(Cc1ccc(-c2cccc3ccccc23)cc1)NC(=O)N(CC(C)C)CC(O)C(=O)O. The van der Waals surface area contributed by atoms with Crippen LogP contribution >= 0.6 is 0 Å². The highest BCUT2D eigenvalue weighted by Gasteiger charge is 2.29. The van der Waals surface area contributed by atoms with Crippen LogP contribution in [0.2, 0.25) is 0 Å². The van der Waals surface area contributed by atoms with E-state index in [1.807, 2.05) is 56.3 Å². The molecule has 4 aromatic rings. The van der Waals surface area contributed by atoms with Crippen molar-refractivity contribution in [3.8, 4) is 22.6 Å². The van der Waals surface area contributed by atoms with Crippen molar-refractivity contribution in [1.82, 2.24) is 10.2 Å². The zero-order chi connectivity index (χ0) is 30.9. The number of benzene rings is 4. The monoisotopic (exact) mass is 584 g/mol. The molecule has 0 aliphatic heterocycles. The summed E-state index contributed by atoms with van der Waals surface area (Å²) in [6, 6.07) is 26.8. The third-order valence-electron chi connectivity index (χ3n) is 6.91. The van der Waals surface area contributed by atoms with Crippen LogP contribution in [0.25, 0.3) is 21.9 Å². The zero-order valence-corrected chi connectivity index (χ0v) is 24.4. The van der Waals surface area contributed by atoms with Crippen LogP contribution in [0.15, 0.2) is 91.0 Å². The average molecular weight is 585 g/mol. The Balaban J connectivity index is 1.60. The second-order valence-electron chi connectivity index (χ2n) is 10.7. The minimum Gasteiger partial charge on any atom is -0.493 e. The molecule has 43 heavy (non-hydrogen) atoms. The van der Waals surface area contributed by atoms with Crippen LogP contribution in [-0.2, 0) is 16.0 Å². The van der Waals surface area contributed by atoms with Gasteiger partial charge in [0.2, 0.25) is 0 Å². The van der Waals surface area contributed by atoms with Crippen molar-refractivity contribution in [2.45, 2.75) is 32.4 Å². The Bertz CT molecular complexity index is 1560. The molecule has 0 bridgehead atoms. The van der Waals surface area contributed by atoms with Gasteiger partial charge in [-0.15, -0.1) is 0 Å². The van der Waals surface area contributed by atoms with E-state index in [1.165, 1.54) is 12.0 Å². The van der Waals surface area contributed by atoms with E-state index in [2.05, 4.69) is 29.6 Å². The third-order valence-corrected chi connectivity index (χ3v) is 6.91. The molecule has 224 valence electrons. The zero-order valence-electron chi connectivity index (χ0n) is 24.4. The van der Waals surface area contributed by atoms with Gasteiger partial charge in [-0.1, -0.05) is 92.7 Å². The Kier molecular flexibility index (Phi) is 10.3. The molecule has 0 fully saturated rings. The fraction of sp³-hybridized carbons (Fsp3) is 0.265. The van der Waals surface area contributed by atoms with E-state index in [0.29, 0.717) is 5.75 Å². The number of hydrogen-bond acceptors (Lipinski definition) is 6. The Morgan fingerprint density at radius 1 is 0.837 bits per heavy atom. The molecule has 0 aromatic heterocycles. The summed E-state index contributed by atoms with van der Waals surface area (Å²) in [7, 11) is 1.46. The van der Waals surface area contributed by atoms with Crippen molar-refractivity contribution in [1.29, 1.82) is 0 Å². The highest BCUT2D eigenvalue weighted by Crippen LogP contribution is 2.29. The van der Waals surface area contributed by atoms with Crippen LogP contribution < -0.4 is 14.8 Å². The van der Waals surface area contributed by atoms with E-state index in [4.69, 9.17) is 9.47 Å². The van der Waals surface area contributed by atoms with E-state index in [9.17, 15) is 24.6 Å². The molecule has 0 spiro atoms. The van der Waals surface area contributed by atoms with Crippen LogP contribution in [-0.4, -0.2) is 65.4 Å². The predicted octanol–water partition coefficient (Wildman–Crippen LogP) is 5.15. The number of aliphatic carboxylic acids is 1. The molecule has 0 aliphatic rings. The fourth-order valence-corrected chi connectivity index (χ4v) is 4.82. The summed E-state index contributed by atoms with van der Waals surface area (Å²) in [6.07, 6.45) is -1.67. The largest absolute Gasteiger partial charge is 0.493 e. The van der Waals surface area contributed by atoms with Crippen molar-refractivity contribution in [2.75, 3.05) is 20.2 Å². The molecule has 9 heteroatoms. The minimum absolute atomic E-state index is 0.0210. The lowest BCUT2D eigenvalue weighted by atomic mass is 9.96. The maximum atomic E-state index is 13.5. The van der Waals surface area contributed by atoms with Crippen LogP contribution in [0.4, 0.5) is 4.79 Å². The Morgan fingerprint density at radius 2 is 1.49 bits per heavy atom. The Labute approximate surface area is 250 Å². The van der Waals surface area contributed by atoms with Crippen molar-refractivity contribution in [2.24, 2.45) is 5.92 Å². The number of amides is 2. The maximum absolute atomic E-state index is 13.5. The molecule has 0 heterocycles. The smallest absolute Gasteiger partial charge is 0.334 e. The number of ether oxygens (including phenoxy) is 2. The number of aliphatic hydroxyl groups is 1. The summed E-state index contributed by atoms with van der Waals surface area (Å²) in [5, 5.41) is 24.1. The molecule has 0 saturated carbocycles. The van der Waals surface area contributed by atoms with Gasteiger partial charge in [-0.05, 0) is 45.5 Å². The number of nitrogens with zero attached hydrogens (tertiary/aromatic N) is 1. The van der Waals surface area contributed by atoms with Gasteiger partial charge in [-0.2, -0.15) is 0 Å². The van der Waals surface area contributed by atoms with Crippen molar-refractivity contribution in [3.63, 3.8) is 0 Å². The minimum atomic E-state index is -1.77. The quantitative estimate of drug-likeness (QED) is 0.155. The van der Waals surface area contributed by atoms with Crippen molar-refractivity contribution in [3.05, 3.63) is 96.6 Å². The van der Waals surface area contributed by atoms with Gasteiger partial charge < -0.3 is 29.9 Å². The van der Waals surface area contributed by atoms with Gasteiger partial charge in [0.15, 0.2) is 17.6 Å². The van der Waals surface area contributed by atoms with Gasteiger partial charge in [-0.3, -0.25) is 0 Å². The van der Waals surface area contributed by atoms with Crippen LogP contribution in [0, 0.1) is 5.92 Å². The number of carboxylic acids is 1. The molecule has 2 atom stereocenters. The Morgan fingerprint density at radius 3 is 2.16 bits per heavy atom. The molecule has 2 unspecified atom stereocenters. The standard InChI is InChI=1S/C34H36N2O7/c1-22(2)20-36(21-29(37)32(38)39)34(41)35-28(33(40)43-31-14-7-6-13-30(31)42-3)19-23-15-17-25(18-16-23)27-12-8-10-24-9-4-5-11-26(24)27/h4-18,22,28-29,37H,19-21H2,1-3H3,(H,35,41)(H,38,39). The summed E-state index contributed by atoms with van der Waals surface area (Å²) >= 11 is 0. The molecule has 0 saturated heterocycles. The number of carbonyl (C=O) groups is 3. The highest BCUT2D eigenvalue weighted by molar-refractivity contribution is 5.96. The molecule has 9 nitrogen and oxygen atoms in total. The number of methoxy groups -OCH3 is 1. The van der Waals surface area contributed by atoms with E-state index < -0.39 is 36.7 Å². The number of aliphatic hydroxyl groups excluding tert-OH is 1. The van der Waals surface area contributed by atoms with Crippen molar-refractivity contribution < 1.29 is 34.1 Å². The van der Waals surface area contributed by atoms with Gasteiger partial charge >= 0.3 is 18.0 Å². The van der Waals surface area contributed by atoms with E-state index in [0.717, 1.165) is 27.5 Å². The molecular formula is C34H36N2O7. The normalized spacial score (nSPS) is 12.4. The number of hydrogen-bond donors (Lipinski definition) is 3. The van der Waals surface area contributed by atoms with E-state index in [1.54, 1.807) is 24.3 Å². The number of carboxylic acid groups (broad SMARTS) is 1. The second kappa shape index (κ2) is 14.3. The lowest BCUT2D eigenvalue weighted by Gasteiger charge is -2.28. The van der Waals surface area contributed by atoms with Crippen LogP contribution in [0.3, 0.4) is 0 Å². The van der Waals surface area contributed by atoms with Crippen LogP contribution in [0.1, 0.15) is 19.4 Å². The van der Waals surface area contributed by atoms with Gasteiger partial charge in [-0.25, -0.2) is 14.4 Å². The second-order valence-corrected chi connectivity index (χ2v) is 10.7. The van der Waals surface area contributed by atoms with E-state index >= 15 is 0 Å². The van der Waals surface area contributed by atoms with Gasteiger partial charge in [0.1, 0.15) is 6.04 Å². The molecule has 0 aliphatic carbocycles. The molecular weight excluding hydrogens is 548 g/mol. The third kappa shape index (κ3) is 8.11. The lowest BCUT2D eigenvalue weighted by molar-refractivity contribution is -0.147. The fourth-order valence-electron chi connectivity index (χ4n) is 4.82. The topological polar surface area (TPSA) is 125 Å². The first-order valence-electron chi connectivity index (χ1n) is 14.0. The number of carbonyl (C=O) groups excluding carboxylic acids is 2. The number of rotatable bonds is 12. The van der Waals surface area contributed by atoms with Gasteiger partial charge in [0.05, 0.1) is 13.7 Å². The highest BCUT2D eigenvalue weighted by atomic mass is 16.6. The maximum Gasteiger partial charge on any atom is 0.334 e. The molecule has 0 radical (unpaired) electrons. The average Bonchev–Trinajstić information content (AvgIpc) is 3.00. The summed E-state index contributed by atoms with van der Waals surface area (Å²) in [6.45, 7) is 3.45. The van der Waals surface area contributed by atoms with Crippen molar-refractivity contribution >= 4 is 28.7 Å². The first-order valence-corrected chi connectivity index (χ1v) is 14.0. The summed E-state index contributed by atoms with van der Waals surface area (Å²) in [5.41, 5.74) is 2.85. The summed E-state index contributed by atoms with van der Waals surface area (Å²) in [4.78, 5) is 39.3. The lowest BCUT2D eigenvalue weighted by Crippen LogP contribution is -2.53. The molecule has 4 aromatic carbocycles. The van der Waals surface area contributed by atoms with E-state index in [-0.39, 0.29) is 24.6 Å². The number of para-hydroxylation sites is 2. The first kappa shape index (κ1) is 31.1. The molecule has 4 rings (SSSR count). The van der Waals surface area contributed by atoms with Gasteiger partial charge in [0, 0.05) is 13.0 Å². The number of esters is 1. The Hall–Kier alpha value is -4.89. The molecule has 3 N–H and O–H groups in total. The molecule has 2 amide bonds.